The molecule has 2 aromatic rings. The molecule has 0 N–H and O–H groups in total. The summed E-state index contributed by atoms with van der Waals surface area (Å²) >= 11 is 0. The summed E-state index contributed by atoms with van der Waals surface area (Å²) in [4.78, 5) is 34.4. The van der Waals surface area contributed by atoms with E-state index in [2.05, 4.69) is 4.98 Å². The quantitative estimate of drug-likeness (QED) is 0.750. The first-order chi connectivity index (χ1) is 14.5. The van der Waals surface area contributed by atoms with Crippen LogP contribution in [0.15, 0.2) is 24.3 Å². The molecule has 0 atom stereocenters. The molecule has 0 bridgehead atoms. The van der Waals surface area contributed by atoms with Gasteiger partial charge >= 0.3 is 0 Å². The fraction of sp³-hybridized carbons (Fsp3) is 0.560. The second-order valence-electron chi connectivity index (χ2n) is 9.05. The van der Waals surface area contributed by atoms with E-state index >= 15 is 0 Å². The molecule has 1 aliphatic carbocycles. The van der Waals surface area contributed by atoms with Crippen LogP contribution in [0.2, 0.25) is 0 Å². The molecule has 2 aliphatic rings. The van der Waals surface area contributed by atoms with Crippen molar-refractivity contribution in [2.75, 3.05) is 26.2 Å². The maximum absolute atomic E-state index is 13.3. The van der Waals surface area contributed by atoms with Crippen LogP contribution < -0.4 is 0 Å². The maximum Gasteiger partial charge on any atom is 0.254 e. The number of carbonyl (C=O) groups excluding carboxylic acids is 2. The van der Waals surface area contributed by atoms with Crippen molar-refractivity contribution in [2.24, 2.45) is 5.92 Å². The number of fused-ring (bicyclic) bond motifs is 1. The number of pyridine rings is 1. The molecule has 4 rings (SSSR count). The van der Waals surface area contributed by atoms with E-state index in [1.165, 1.54) is 32.1 Å². The predicted molar refractivity (Wildman–Crippen MR) is 120 cm³/mol. The minimum atomic E-state index is 0.0467. The number of benzene rings is 1. The molecule has 1 aliphatic heterocycles. The van der Waals surface area contributed by atoms with E-state index in [-0.39, 0.29) is 11.8 Å². The molecule has 0 spiro atoms. The molecule has 1 saturated heterocycles. The third-order valence-corrected chi connectivity index (χ3v) is 6.73. The molecule has 2 heterocycles. The van der Waals surface area contributed by atoms with Gasteiger partial charge in [-0.2, -0.15) is 0 Å². The third-order valence-electron chi connectivity index (χ3n) is 6.73. The topological polar surface area (TPSA) is 53.5 Å². The molecule has 1 aromatic carbocycles. The molecular weight excluding hydrogens is 374 g/mol. The van der Waals surface area contributed by atoms with Gasteiger partial charge in [0.25, 0.3) is 5.91 Å². The highest BCUT2D eigenvalue weighted by molar-refractivity contribution is 6.06. The van der Waals surface area contributed by atoms with Crippen molar-refractivity contribution < 1.29 is 9.59 Å². The molecule has 5 heteroatoms. The Balaban J connectivity index is 1.37. The monoisotopic (exact) mass is 407 g/mol. The Labute approximate surface area is 179 Å². The van der Waals surface area contributed by atoms with Gasteiger partial charge in [-0.25, -0.2) is 0 Å². The molecule has 0 unspecified atom stereocenters. The summed E-state index contributed by atoms with van der Waals surface area (Å²) in [5.74, 6) is 1.04. The van der Waals surface area contributed by atoms with E-state index in [4.69, 9.17) is 0 Å². The number of carbonyl (C=O) groups is 2. The number of rotatable bonds is 4. The maximum atomic E-state index is 13.3. The van der Waals surface area contributed by atoms with E-state index < -0.39 is 0 Å². The van der Waals surface area contributed by atoms with E-state index in [0.717, 1.165) is 40.1 Å². The highest BCUT2D eigenvalue weighted by Gasteiger charge is 2.26. The standard InChI is InChI=1S/C25H33N3O2/c1-18-8-10-23-21(16-18)22(17-19(2)26-23)25(30)28-14-12-27(13-15-28)24(29)11-9-20-6-4-3-5-7-20/h8,10,16-17,20H,3-7,9,11-15H2,1-2H3. The normalized spacial score (nSPS) is 18.1. The lowest BCUT2D eigenvalue weighted by Crippen LogP contribution is -2.50. The number of hydrogen-bond acceptors (Lipinski definition) is 3. The highest BCUT2D eigenvalue weighted by atomic mass is 16.2. The van der Waals surface area contributed by atoms with Gasteiger partial charge in [0.15, 0.2) is 0 Å². The summed E-state index contributed by atoms with van der Waals surface area (Å²) in [5.41, 5.74) is 3.56. The number of amides is 2. The van der Waals surface area contributed by atoms with Crippen LogP contribution in [0.3, 0.4) is 0 Å². The van der Waals surface area contributed by atoms with Crippen LogP contribution in [-0.4, -0.2) is 52.8 Å². The molecule has 1 aromatic heterocycles. The van der Waals surface area contributed by atoms with Crippen molar-refractivity contribution in [3.63, 3.8) is 0 Å². The van der Waals surface area contributed by atoms with Gasteiger partial charge in [-0.1, -0.05) is 43.7 Å². The van der Waals surface area contributed by atoms with Crippen molar-refractivity contribution >= 4 is 22.7 Å². The zero-order valence-electron chi connectivity index (χ0n) is 18.3. The van der Waals surface area contributed by atoms with E-state index in [9.17, 15) is 9.59 Å². The van der Waals surface area contributed by atoms with Gasteiger partial charge in [-0.3, -0.25) is 14.6 Å². The average Bonchev–Trinajstić information content (AvgIpc) is 2.77. The Kier molecular flexibility index (Phi) is 6.35. The van der Waals surface area contributed by atoms with Gasteiger partial charge in [-0.05, 0) is 44.4 Å². The fourth-order valence-electron chi connectivity index (χ4n) is 4.94. The molecule has 160 valence electrons. The molecule has 2 amide bonds. The smallest absolute Gasteiger partial charge is 0.254 e. The Morgan fingerprint density at radius 3 is 2.40 bits per heavy atom. The predicted octanol–water partition coefficient (Wildman–Crippen LogP) is 4.50. The number of hydrogen-bond donors (Lipinski definition) is 0. The summed E-state index contributed by atoms with van der Waals surface area (Å²) in [7, 11) is 0. The molecular formula is C25H33N3O2. The van der Waals surface area contributed by atoms with Crippen LogP contribution >= 0.6 is 0 Å². The Hall–Kier alpha value is -2.43. The zero-order chi connectivity index (χ0) is 21.1. The van der Waals surface area contributed by atoms with Gasteiger partial charge in [0, 0.05) is 43.7 Å². The Morgan fingerprint density at radius 2 is 1.67 bits per heavy atom. The van der Waals surface area contributed by atoms with Crippen LogP contribution in [0.4, 0.5) is 0 Å². The highest BCUT2D eigenvalue weighted by Crippen LogP contribution is 2.28. The third kappa shape index (κ3) is 4.66. The lowest BCUT2D eigenvalue weighted by Gasteiger charge is -2.35. The van der Waals surface area contributed by atoms with Crippen molar-refractivity contribution in [2.45, 2.75) is 58.8 Å². The minimum Gasteiger partial charge on any atom is -0.339 e. The first-order valence-electron chi connectivity index (χ1n) is 11.5. The van der Waals surface area contributed by atoms with Crippen molar-refractivity contribution in [3.8, 4) is 0 Å². The Bertz CT molecular complexity index is 925. The van der Waals surface area contributed by atoms with Crippen LogP contribution in [0.5, 0.6) is 0 Å². The number of nitrogens with zero attached hydrogens (tertiary/aromatic N) is 3. The van der Waals surface area contributed by atoms with Gasteiger partial charge in [-0.15, -0.1) is 0 Å². The second-order valence-corrected chi connectivity index (χ2v) is 9.05. The lowest BCUT2D eigenvalue weighted by molar-refractivity contribution is -0.133. The summed E-state index contributed by atoms with van der Waals surface area (Å²) in [5, 5.41) is 0.914. The Morgan fingerprint density at radius 1 is 0.967 bits per heavy atom. The van der Waals surface area contributed by atoms with E-state index in [0.29, 0.717) is 32.6 Å². The molecule has 0 radical (unpaired) electrons. The summed E-state index contributed by atoms with van der Waals surface area (Å²) in [6, 6.07) is 7.95. The fourth-order valence-corrected chi connectivity index (χ4v) is 4.94. The van der Waals surface area contributed by atoms with E-state index in [1.54, 1.807) is 0 Å². The number of aromatic nitrogens is 1. The van der Waals surface area contributed by atoms with Gasteiger partial charge < -0.3 is 9.80 Å². The van der Waals surface area contributed by atoms with Gasteiger partial charge in [0.2, 0.25) is 5.91 Å². The largest absolute Gasteiger partial charge is 0.339 e. The molecule has 1 saturated carbocycles. The van der Waals surface area contributed by atoms with Gasteiger partial charge in [0.05, 0.1) is 11.1 Å². The van der Waals surface area contributed by atoms with Crippen LogP contribution in [0.1, 0.15) is 66.6 Å². The number of aryl methyl sites for hydroxylation is 2. The van der Waals surface area contributed by atoms with Crippen LogP contribution in [-0.2, 0) is 4.79 Å². The SMILES string of the molecule is Cc1ccc2nc(C)cc(C(=O)N3CCN(C(=O)CCC4CCCCC4)CC3)c2c1. The zero-order valence-corrected chi connectivity index (χ0v) is 18.3. The van der Waals surface area contributed by atoms with E-state index in [1.807, 2.05) is 47.9 Å². The average molecular weight is 408 g/mol. The summed E-state index contributed by atoms with van der Waals surface area (Å²) in [6.45, 7) is 6.43. The molecule has 30 heavy (non-hydrogen) atoms. The summed E-state index contributed by atoms with van der Waals surface area (Å²) in [6.07, 6.45) is 8.26. The minimum absolute atomic E-state index is 0.0467. The molecule has 2 fully saturated rings. The van der Waals surface area contributed by atoms with Crippen molar-refractivity contribution in [1.82, 2.24) is 14.8 Å². The molecule has 5 nitrogen and oxygen atoms in total. The van der Waals surface area contributed by atoms with Gasteiger partial charge in [0.1, 0.15) is 0 Å². The second kappa shape index (κ2) is 9.15. The van der Waals surface area contributed by atoms with Crippen molar-refractivity contribution in [3.05, 3.63) is 41.1 Å². The van der Waals surface area contributed by atoms with Crippen LogP contribution in [0, 0.1) is 19.8 Å². The van der Waals surface area contributed by atoms with Crippen molar-refractivity contribution in [1.29, 1.82) is 0 Å². The summed E-state index contributed by atoms with van der Waals surface area (Å²) < 4.78 is 0. The lowest BCUT2D eigenvalue weighted by atomic mass is 9.86. The number of piperazine rings is 1. The van der Waals surface area contributed by atoms with Crippen LogP contribution in [0.25, 0.3) is 10.9 Å². The first kappa shape index (κ1) is 20.8. The first-order valence-corrected chi connectivity index (χ1v) is 11.5.